The van der Waals surface area contributed by atoms with Crippen molar-refractivity contribution in [1.29, 1.82) is 0 Å². The van der Waals surface area contributed by atoms with E-state index in [1.54, 1.807) is 18.4 Å². The molecule has 0 radical (unpaired) electrons. The molecule has 0 aliphatic carbocycles. The first kappa shape index (κ1) is 12.4. The van der Waals surface area contributed by atoms with Crippen molar-refractivity contribution in [2.24, 2.45) is 0 Å². The lowest BCUT2D eigenvalue weighted by Gasteiger charge is -2.07. The minimum atomic E-state index is 0.556. The molecule has 19 heavy (non-hydrogen) atoms. The second-order valence-corrected chi connectivity index (χ2v) is 5.61. The summed E-state index contributed by atoms with van der Waals surface area (Å²) in [7, 11) is 1.79. The second kappa shape index (κ2) is 5.14. The number of thiophene rings is 1. The molecular weight excluding hydrogens is 326 g/mol. The maximum atomic E-state index is 5.86. The lowest BCUT2D eigenvalue weighted by Crippen LogP contribution is -1.98. The highest BCUT2D eigenvalue weighted by Crippen LogP contribution is 2.32. The molecule has 0 aliphatic rings. The lowest BCUT2D eigenvalue weighted by atomic mass is 10.3. The van der Waals surface area contributed by atoms with Crippen molar-refractivity contribution in [3.63, 3.8) is 0 Å². The SMILES string of the molecule is CNc1nc(Oc2cccc(Br)c2)c2ccsc2n1. The van der Waals surface area contributed by atoms with Crippen LogP contribution in [0.25, 0.3) is 10.2 Å². The number of rotatable bonds is 3. The summed E-state index contributed by atoms with van der Waals surface area (Å²) >= 11 is 4.99. The van der Waals surface area contributed by atoms with Crippen LogP contribution in [0.3, 0.4) is 0 Å². The molecule has 0 bridgehead atoms. The van der Waals surface area contributed by atoms with Gasteiger partial charge in [-0.1, -0.05) is 22.0 Å². The fourth-order valence-corrected chi connectivity index (χ4v) is 2.79. The van der Waals surface area contributed by atoms with Gasteiger partial charge < -0.3 is 10.1 Å². The van der Waals surface area contributed by atoms with Crippen LogP contribution in [-0.4, -0.2) is 17.0 Å². The number of nitrogens with one attached hydrogen (secondary N) is 1. The van der Waals surface area contributed by atoms with Crippen LogP contribution >= 0.6 is 27.3 Å². The van der Waals surface area contributed by atoms with E-state index >= 15 is 0 Å². The van der Waals surface area contributed by atoms with Crippen LogP contribution < -0.4 is 10.1 Å². The van der Waals surface area contributed by atoms with Gasteiger partial charge in [-0.15, -0.1) is 11.3 Å². The zero-order valence-corrected chi connectivity index (χ0v) is 12.5. The fraction of sp³-hybridized carbons (Fsp3) is 0.0769. The van der Waals surface area contributed by atoms with Gasteiger partial charge in [-0.3, -0.25) is 0 Å². The molecule has 0 unspecified atom stereocenters. The zero-order chi connectivity index (χ0) is 13.2. The van der Waals surface area contributed by atoms with Gasteiger partial charge in [0.25, 0.3) is 0 Å². The van der Waals surface area contributed by atoms with Gasteiger partial charge in [0, 0.05) is 11.5 Å². The number of halogens is 1. The van der Waals surface area contributed by atoms with E-state index in [1.807, 2.05) is 35.7 Å². The average molecular weight is 336 g/mol. The summed E-state index contributed by atoms with van der Waals surface area (Å²) in [5, 5.41) is 5.84. The van der Waals surface area contributed by atoms with E-state index in [2.05, 4.69) is 31.2 Å². The minimum Gasteiger partial charge on any atom is -0.438 e. The third-order valence-electron chi connectivity index (χ3n) is 2.52. The molecule has 1 N–H and O–H groups in total. The van der Waals surface area contributed by atoms with Crippen LogP contribution in [0.4, 0.5) is 5.95 Å². The summed E-state index contributed by atoms with van der Waals surface area (Å²) < 4.78 is 6.83. The summed E-state index contributed by atoms with van der Waals surface area (Å²) in [5.41, 5.74) is 0. The first-order valence-corrected chi connectivity index (χ1v) is 7.30. The van der Waals surface area contributed by atoms with Gasteiger partial charge in [0.05, 0.1) is 5.39 Å². The van der Waals surface area contributed by atoms with Crippen LogP contribution in [-0.2, 0) is 0 Å². The Balaban J connectivity index is 2.06. The number of benzene rings is 1. The topological polar surface area (TPSA) is 47.0 Å². The Bertz CT molecular complexity index is 729. The first-order valence-electron chi connectivity index (χ1n) is 5.62. The molecule has 0 saturated carbocycles. The van der Waals surface area contributed by atoms with Crippen molar-refractivity contribution in [1.82, 2.24) is 9.97 Å². The van der Waals surface area contributed by atoms with Gasteiger partial charge in [0.15, 0.2) is 0 Å². The normalized spacial score (nSPS) is 10.6. The highest BCUT2D eigenvalue weighted by Gasteiger charge is 2.10. The average Bonchev–Trinajstić information content (AvgIpc) is 2.87. The Labute approximate surface area is 122 Å². The number of nitrogens with zero attached hydrogens (tertiary/aromatic N) is 2. The van der Waals surface area contributed by atoms with Gasteiger partial charge in [-0.25, -0.2) is 4.98 Å². The number of aromatic nitrogens is 2. The summed E-state index contributed by atoms with van der Waals surface area (Å²) in [6.07, 6.45) is 0. The van der Waals surface area contributed by atoms with Crippen LogP contribution in [0.1, 0.15) is 0 Å². The van der Waals surface area contributed by atoms with Gasteiger partial charge in [-0.2, -0.15) is 4.98 Å². The van der Waals surface area contributed by atoms with Crippen LogP contribution in [0.2, 0.25) is 0 Å². The van der Waals surface area contributed by atoms with Crippen molar-refractivity contribution in [2.75, 3.05) is 12.4 Å². The van der Waals surface area contributed by atoms with E-state index in [-0.39, 0.29) is 0 Å². The first-order chi connectivity index (χ1) is 9.26. The smallest absolute Gasteiger partial charge is 0.232 e. The number of hydrogen-bond acceptors (Lipinski definition) is 5. The molecular formula is C13H10BrN3OS. The van der Waals surface area contributed by atoms with Gasteiger partial charge in [0.1, 0.15) is 10.6 Å². The zero-order valence-electron chi connectivity index (χ0n) is 10.1. The number of anilines is 1. The molecule has 0 amide bonds. The predicted octanol–water partition coefficient (Wildman–Crippen LogP) is 4.29. The molecule has 6 heteroatoms. The highest BCUT2D eigenvalue weighted by molar-refractivity contribution is 9.10. The maximum Gasteiger partial charge on any atom is 0.232 e. The van der Waals surface area contributed by atoms with E-state index in [0.717, 1.165) is 20.4 Å². The van der Waals surface area contributed by atoms with Crippen LogP contribution in [0.15, 0.2) is 40.2 Å². The van der Waals surface area contributed by atoms with Gasteiger partial charge in [-0.05, 0) is 29.6 Å². The summed E-state index contributed by atoms with van der Waals surface area (Å²) in [5.74, 6) is 1.86. The maximum absolute atomic E-state index is 5.86. The monoisotopic (exact) mass is 335 g/mol. The van der Waals surface area contributed by atoms with Crippen molar-refractivity contribution in [3.05, 3.63) is 40.2 Å². The Kier molecular flexibility index (Phi) is 3.35. The molecule has 96 valence electrons. The van der Waals surface area contributed by atoms with Gasteiger partial charge in [0.2, 0.25) is 11.8 Å². The van der Waals surface area contributed by atoms with Crippen LogP contribution in [0, 0.1) is 0 Å². The standard InChI is InChI=1S/C13H10BrN3OS/c1-15-13-16-11(10-5-6-19-12(10)17-13)18-9-4-2-3-8(14)7-9/h2-7H,1H3,(H,15,16,17). The number of fused-ring (bicyclic) bond motifs is 1. The summed E-state index contributed by atoms with van der Waals surface area (Å²) in [6.45, 7) is 0. The Morgan fingerprint density at radius 1 is 1.26 bits per heavy atom. The quantitative estimate of drug-likeness (QED) is 0.775. The Morgan fingerprint density at radius 3 is 2.95 bits per heavy atom. The predicted molar refractivity (Wildman–Crippen MR) is 81.2 cm³/mol. The van der Waals surface area contributed by atoms with Crippen molar-refractivity contribution in [3.8, 4) is 11.6 Å². The molecule has 2 aromatic heterocycles. The molecule has 0 fully saturated rings. The van der Waals surface area contributed by atoms with E-state index in [4.69, 9.17) is 4.74 Å². The van der Waals surface area contributed by atoms with E-state index in [0.29, 0.717) is 11.8 Å². The van der Waals surface area contributed by atoms with E-state index in [9.17, 15) is 0 Å². The largest absolute Gasteiger partial charge is 0.438 e. The molecule has 3 rings (SSSR count). The molecule has 4 nitrogen and oxygen atoms in total. The van der Waals surface area contributed by atoms with Crippen molar-refractivity contribution >= 4 is 43.4 Å². The van der Waals surface area contributed by atoms with E-state index < -0.39 is 0 Å². The Hall–Kier alpha value is -1.66. The molecule has 0 atom stereocenters. The summed E-state index contributed by atoms with van der Waals surface area (Å²) in [6, 6.07) is 9.63. The fourth-order valence-electron chi connectivity index (χ4n) is 1.66. The third-order valence-corrected chi connectivity index (χ3v) is 3.82. The number of hydrogen-bond donors (Lipinski definition) is 1. The van der Waals surface area contributed by atoms with Gasteiger partial charge >= 0.3 is 0 Å². The molecule has 0 saturated heterocycles. The Morgan fingerprint density at radius 2 is 2.16 bits per heavy atom. The lowest BCUT2D eigenvalue weighted by molar-refractivity contribution is 0.469. The molecule has 0 spiro atoms. The molecule has 0 aliphatic heterocycles. The molecule has 3 aromatic rings. The minimum absolute atomic E-state index is 0.556. The molecule has 2 heterocycles. The third kappa shape index (κ3) is 2.54. The second-order valence-electron chi connectivity index (χ2n) is 3.80. The van der Waals surface area contributed by atoms with E-state index in [1.165, 1.54) is 0 Å². The highest BCUT2D eigenvalue weighted by atomic mass is 79.9. The van der Waals surface area contributed by atoms with Crippen LogP contribution in [0.5, 0.6) is 11.6 Å². The van der Waals surface area contributed by atoms with Crippen molar-refractivity contribution < 1.29 is 4.74 Å². The van der Waals surface area contributed by atoms with Crippen molar-refractivity contribution in [2.45, 2.75) is 0 Å². The summed E-state index contributed by atoms with van der Waals surface area (Å²) in [4.78, 5) is 9.65. The molecule has 1 aromatic carbocycles. The number of ether oxygens (including phenoxy) is 1.